The lowest BCUT2D eigenvalue weighted by molar-refractivity contribution is -0.547. The normalized spacial score (nSPS) is 16.0. The highest BCUT2D eigenvalue weighted by Gasteiger charge is 2.27. The van der Waals surface area contributed by atoms with E-state index in [4.69, 9.17) is 5.73 Å². The Bertz CT molecular complexity index is 716. The number of nitrogens with two attached hydrogens (primary N) is 1. The Balaban J connectivity index is 2.09. The van der Waals surface area contributed by atoms with Gasteiger partial charge in [-0.25, -0.2) is 15.2 Å². The number of urea groups is 1. The van der Waals surface area contributed by atoms with E-state index in [1.54, 1.807) is 0 Å². The van der Waals surface area contributed by atoms with Gasteiger partial charge in [-0.05, 0) is 24.3 Å². The molecule has 0 fully saturated rings. The van der Waals surface area contributed by atoms with Crippen LogP contribution in [0, 0.1) is 10.1 Å². The number of phenols is 1. The van der Waals surface area contributed by atoms with Crippen LogP contribution in [-0.4, -0.2) is 39.5 Å². The molecule has 1 aliphatic heterocycles. The Morgan fingerprint density at radius 1 is 1.43 bits per heavy atom. The predicted octanol–water partition coefficient (Wildman–Crippen LogP) is -0.0120. The Morgan fingerprint density at radius 3 is 2.83 bits per heavy atom. The highest BCUT2D eigenvalue weighted by Crippen LogP contribution is 2.24. The highest BCUT2D eigenvalue weighted by atomic mass is 16.6. The lowest BCUT2D eigenvalue weighted by Crippen LogP contribution is -2.50. The number of aliphatic imine (C=N–C) groups is 1. The molecule has 1 heterocycles. The van der Waals surface area contributed by atoms with Gasteiger partial charge in [0.15, 0.2) is 0 Å². The van der Waals surface area contributed by atoms with E-state index in [9.17, 15) is 24.8 Å². The zero-order valence-corrected chi connectivity index (χ0v) is 11.5. The lowest BCUT2D eigenvalue weighted by Gasteiger charge is -2.23. The first-order valence-corrected chi connectivity index (χ1v) is 6.20. The van der Waals surface area contributed by atoms with Crippen LogP contribution < -0.4 is 16.5 Å². The fourth-order valence-corrected chi connectivity index (χ4v) is 1.71. The minimum absolute atomic E-state index is 0.0729. The van der Waals surface area contributed by atoms with Crippen molar-refractivity contribution in [3.8, 4) is 5.75 Å². The molecule has 1 aromatic carbocycles. The van der Waals surface area contributed by atoms with Crippen LogP contribution in [0.1, 0.15) is 10.4 Å². The molecular weight excluding hydrogens is 308 g/mol. The number of benzene rings is 1. The largest absolute Gasteiger partial charge is 0.506 e. The molecule has 11 heteroatoms. The summed E-state index contributed by atoms with van der Waals surface area (Å²) in [6.07, 6.45) is 2.37. The second-order valence-electron chi connectivity index (χ2n) is 4.34. The van der Waals surface area contributed by atoms with Crippen molar-refractivity contribution in [2.45, 2.75) is 6.29 Å². The molecule has 1 unspecified atom stereocenters. The molecule has 3 amide bonds. The molecule has 5 N–H and O–H groups in total. The molecule has 0 aromatic heterocycles. The molecule has 0 aliphatic carbocycles. The number of rotatable bonds is 4. The Hall–Kier alpha value is -3.63. The maximum Gasteiger partial charge on any atom is 0.402 e. The smallest absolute Gasteiger partial charge is 0.402 e. The number of hydrogen-bond donors (Lipinski definition) is 4. The van der Waals surface area contributed by atoms with Gasteiger partial charge in [0.05, 0.1) is 10.6 Å². The molecule has 11 nitrogen and oxygen atoms in total. The zero-order chi connectivity index (χ0) is 17.0. The number of primary amides is 1. The van der Waals surface area contributed by atoms with Gasteiger partial charge in [-0.15, -0.1) is 0 Å². The number of hydrazine groups is 1. The van der Waals surface area contributed by atoms with Crippen LogP contribution in [-0.2, 0) is 0 Å². The van der Waals surface area contributed by atoms with E-state index < -0.39 is 23.2 Å². The predicted molar refractivity (Wildman–Crippen MR) is 79.0 cm³/mol. The van der Waals surface area contributed by atoms with Crippen molar-refractivity contribution in [1.29, 1.82) is 0 Å². The van der Waals surface area contributed by atoms with Gasteiger partial charge in [0, 0.05) is 18.0 Å². The summed E-state index contributed by atoms with van der Waals surface area (Å²) in [5, 5.41) is 23.6. The van der Waals surface area contributed by atoms with Crippen molar-refractivity contribution in [2.24, 2.45) is 10.7 Å². The summed E-state index contributed by atoms with van der Waals surface area (Å²) in [6, 6.07) is 2.76. The SMILES string of the molecule is NC(=O)c1ccc(O)c(NC(=O)NN2C=CC=NC2[N+](=O)[O-])c1. The van der Waals surface area contributed by atoms with Gasteiger partial charge in [-0.1, -0.05) is 0 Å². The standard InChI is InChI=1S/C12H12N6O5/c13-10(20)7-2-3-9(19)8(6-7)15-11(21)16-17-5-1-4-14-12(17)18(22)23/h1-6,12,19H,(H2,13,20)(H2,15,16,21). The number of amides is 3. The topological polar surface area (TPSA) is 163 Å². The number of hydrogen-bond acceptors (Lipinski definition) is 7. The molecular formula is C12H12N6O5. The molecule has 120 valence electrons. The molecule has 1 aromatic rings. The maximum atomic E-state index is 11.9. The number of nitro groups is 1. The van der Waals surface area contributed by atoms with Gasteiger partial charge < -0.3 is 16.2 Å². The van der Waals surface area contributed by atoms with Crippen LogP contribution in [0.2, 0.25) is 0 Å². The summed E-state index contributed by atoms with van der Waals surface area (Å²) in [4.78, 5) is 36.7. The van der Waals surface area contributed by atoms with Crippen molar-refractivity contribution in [1.82, 2.24) is 10.4 Å². The van der Waals surface area contributed by atoms with Crippen molar-refractivity contribution in [2.75, 3.05) is 5.32 Å². The minimum atomic E-state index is -1.50. The minimum Gasteiger partial charge on any atom is -0.506 e. The molecule has 0 saturated heterocycles. The first kappa shape index (κ1) is 15.8. The summed E-state index contributed by atoms with van der Waals surface area (Å²) in [5.41, 5.74) is 7.29. The van der Waals surface area contributed by atoms with E-state index in [1.165, 1.54) is 36.7 Å². The number of carbonyl (C=O) groups is 2. The number of allylic oxidation sites excluding steroid dienone is 1. The summed E-state index contributed by atoms with van der Waals surface area (Å²) < 4.78 is 0. The fraction of sp³-hybridized carbons (Fsp3) is 0.0833. The van der Waals surface area contributed by atoms with Gasteiger partial charge in [0.25, 0.3) is 0 Å². The molecule has 0 saturated carbocycles. The van der Waals surface area contributed by atoms with Crippen LogP contribution >= 0.6 is 0 Å². The van der Waals surface area contributed by atoms with E-state index in [2.05, 4.69) is 15.7 Å². The van der Waals surface area contributed by atoms with Gasteiger partial charge >= 0.3 is 12.3 Å². The molecule has 0 bridgehead atoms. The third kappa shape index (κ3) is 3.72. The average Bonchev–Trinajstić information content (AvgIpc) is 2.49. The number of nitrogens with one attached hydrogen (secondary N) is 2. The summed E-state index contributed by atoms with van der Waals surface area (Å²) >= 11 is 0. The van der Waals surface area contributed by atoms with E-state index in [0.717, 1.165) is 5.01 Å². The van der Waals surface area contributed by atoms with Crippen LogP contribution in [0.4, 0.5) is 10.5 Å². The van der Waals surface area contributed by atoms with Crippen LogP contribution in [0.15, 0.2) is 35.5 Å². The van der Waals surface area contributed by atoms with Crippen LogP contribution in [0.5, 0.6) is 5.75 Å². The van der Waals surface area contributed by atoms with Gasteiger partial charge in [0.1, 0.15) is 5.75 Å². The lowest BCUT2D eigenvalue weighted by atomic mass is 10.2. The van der Waals surface area contributed by atoms with E-state index in [-0.39, 0.29) is 17.0 Å². The maximum absolute atomic E-state index is 11.9. The Labute approximate surface area is 129 Å². The Morgan fingerprint density at radius 2 is 2.17 bits per heavy atom. The number of aromatic hydroxyl groups is 1. The summed E-state index contributed by atoms with van der Waals surface area (Å²) in [7, 11) is 0. The highest BCUT2D eigenvalue weighted by molar-refractivity contribution is 5.97. The first-order valence-electron chi connectivity index (χ1n) is 6.20. The number of phenolic OH excluding ortho intramolecular Hbond substituents is 1. The number of nitrogens with zero attached hydrogens (tertiary/aromatic N) is 3. The number of carbonyl (C=O) groups excluding carboxylic acids is 2. The van der Waals surface area contributed by atoms with Crippen molar-refractivity contribution in [3.05, 3.63) is 46.2 Å². The van der Waals surface area contributed by atoms with Gasteiger partial charge in [-0.2, -0.15) is 4.99 Å². The molecule has 1 atom stereocenters. The molecule has 0 radical (unpaired) electrons. The zero-order valence-electron chi connectivity index (χ0n) is 11.5. The van der Waals surface area contributed by atoms with E-state index in [1.807, 2.05) is 0 Å². The molecule has 0 spiro atoms. The summed E-state index contributed by atoms with van der Waals surface area (Å²) in [6.45, 7) is 0. The third-order valence-electron chi connectivity index (χ3n) is 2.75. The second-order valence-corrected chi connectivity index (χ2v) is 4.34. The molecule has 1 aliphatic rings. The van der Waals surface area contributed by atoms with Crippen molar-refractivity contribution in [3.63, 3.8) is 0 Å². The Kier molecular flexibility index (Phi) is 4.40. The van der Waals surface area contributed by atoms with E-state index >= 15 is 0 Å². The first-order chi connectivity index (χ1) is 10.9. The van der Waals surface area contributed by atoms with Gasteiger partial charge in [0.2, 0.25) is 5.91 Å². The van der Waals surface area contributed by atoms with Crippen molar-refractivity contribution < 1.29 is 19.6 Å². The fourth-order valence-electron chi connectivity index (χ4n) is 1.71. The molecule has 2 rings (SSSR count). The van der Waals surface area contributed by atoms with Crippen LogP contribution in [0.25, 0.3) is 0 Å². The average molecular weight is 320 g/mol. The summed E-state index contributed by atoms with van der Waals surface area (Å²) in [5.74, 6) is -1.04. The number of anilines is 1. The second kappa shape index (κ2) is 6.43. The monoisotopic (exact) mass is 320 g/mol. The van der Waals surface area contributed by atoms with E-state index in [0.29, 0.717) is 0 Å². The third-order valence-corrected chi connectivity index (χ3v) is 2.75. The van der Waals surface area contributed by atoms with Crippen LogP contribution in [0.3, 0.4) is 0 Å². The van der Waals surface area contributed by atoms with Crippen molar-refractivity contribution >= 4 is 23.8 Å². The quantitative estimate of drug-likeness (QED) is 0.346. The molecule has 23 heavy (non-hydrogen) atoms. The van der Waals surface area contributed by atoms with Gasteiger partial charge in [-0.3, -0.25) is 14.9 Å².